The van der Waals surface area contributed by atoms with Crippen molar-refractivity contribution in [2.24, 2.45) is 5.92 Å². The van der Waals surface area contributed by atoms with E-state index in [1.54, 1.807) is 18.2 Å². The molecule has 2 aromatic carbocycles. The van der Waals surface area contributed by atoms with Gasteiger partial charge in [-0.25, -0.2) is 0 Å². The van der Waals surface area contributed by atoms with E-state index in [2.05, 4.69) is 36.5 Å². The fourth-order valence-corrected chi connectivity index (χ4v) is 3.69. The molecule has 142 valence electrons. The van der Waals surface area contributed by atoms with Crippen LogP contribution in [0.15, 0.2) is 42.5 Å². The van der Waals surface area contributed by atoms with Gasteiger partial charge in [0.2, 0.25) is 0 Å². The lowest BCUT2D eigenvalue weighted by atomic mass is 9.89. The normalized spacial score (nSPS) is 21.5. The minimum Gasteiger partial charge on any atom is -0.486 e. The largest absolute Gasteiger partial charge is 0.486 e. The van der Waals surface area contributed by atoms with Gasteiger partial charge in [0.25, 0.3) is 5.91 Å². The summed E-state index contributed by atoms with van der Waals surface area (Å²) in [5.41, 5.74) is 3.00. The molecule has 27 heavy (non-hydrogen) atoms. The molecule has 0 aromatic heterocycles. The molecule has 2 atom stereocenters. The number of carbonyl (C=O) groups excluding carboxylic acids is 1. The average Bonchev–Trinajstić information content (AvgIpc) is 2.72. The molecule has 2 aliphatic rings. The van der Waals surface area contributed by atoms with Crippen molar-refractivity contribution in [3.63, 3.8) is 0 Å². The Bertz CT molecular complexity index is 802. The molecule has 0 bridgehead atoms. The second kappa shape index (κ2) is 8.01. The third kappa shape index (κ3) is 4.08. The van der Waals surface area contributed by atoms with Crippen LogP contribution in [0.1, 0.15) is 40.4 Å². The van der Waals surface area contributed by atoms with E-state index >= 15 is 0 Å². The second-order valence-electron chi connectivity index (χ2n) is 7.17. The van der Waals surface area contributed by atoms with Gasteiger partial charge in [-0.15, -0.1) is 0 Å². The van der Waals surface area contributed by atoms with Gasteiger partial charge in [0.15, 0.2) is 11.5 Å². The van der Waals surface area contributed by atoms with Gasteiger partial charge in [0.1, 0.15) is 13.2 Å². The molecule has 0 spiro atoms. The molecular formula is C22H25NO4. The van der Waals surface area contributed by atoms with Crippen LogP contribution in [0, 0.1) is 12.8 Å². The second-order valence-corrected chi connectivity index (χ2v) is 7.17. The van der Waals surface area contributed by atoms with Crippen LogP contribution in [-0.4, -0.2) is 32.3 Å². The monoisotopic (exact) mass is 367 g/mol. The minimum absolute atomic E-state index is 0.0277. The van der Waals surface area contributed by atoms with Crippen LogP contribution in [0.25, 0.3) is 0 Å². The smallest absolute Gasteiger partial charge is 0.251 e. The molecule has 2 heterocycles. The molecule has 0 saturated carbocycles. The molecule has 2 aliphatic heterocycles. The van der Waals surface area contributed by atoms with E-state index < -0.39 is 0 Å². The van der Waals surface area contributed by atoms with Crippen molar-refractivity contribution in [3.8, 4) is 11.5 Å². The first-order valence-electron chi connectivity index (χ1n) is 9.57. The summed E-state index contributed by atoms with van der Waals surface area (Å²) in [5, 5.41) is 3.07. The number of aryl methyl sites for hydroxylation is 1. The summed E-state index contributed by atoms with van der Waals surface area (Å²) in [5.74, 6) is 1.49. The van der Waals surface area contributed by atoms with Crippen LogP contribution >= 0.6 is 0 Å². The van der Waals surface area contributed by atoms with E-state index in [4.69, 9.17) is 14.2 Å². The van der Waals surface area contributed by atoms with E-state index in [1.807, 2.05) is 0 Å². The van der Waals surface area contributed by atoms with Crippen molar-refractivity contribution in [2.75, 3.05) is 26.4 Å². The number of nitrogens with one attached hydrogen (secondary N) is 1. The summed E-state index contributed by atoms with van der Waals surface area (Å²) in [6, 6.07) is 13.8. The van der Waals surface area contributed by atoms with E-state index in [-0.39, 0.29) is 17.9 Å². The lowest BCUT2D eigenvalue weighted by Gasteiger charge is -2.32. The molecule has 1 saturated heterocycles. The van der Waals surface area contributed by atoms with Crippen molar-refractivity contribution in [1.82, 2.24) is 5.32 Å². The Labute approximate surface area is 159 Å². The highest BCUT2D eigenvalue weighted by Crippen LogP contribution is 2.34. The van der Waals surface area contributed by atoms with E-state index in [9.17, 15) is 4.79 Å². The van der Waals surface area contributed by atoms with Crippen LogP contribution in [0.3, 0.4) is 0 Å². The molecule has 4 rings (SSSR count). The van der Waals surface area contributed by atoms with Crippen LogP contribution < -0.4 is 14.8 Å². The highest BCUT2D eigenvalue weighted by Gasteiger charge is 2.28. The zero-order valence-corrected chi connectivity index (χ0v) is 15.6. The number of rotatable bonds is 4. The molecule has 2 aromatic rings. The van der Waals surface area contributed by atoms with Crippen LogP contribution in [0.5, 0.6) is 11.5 Å². The number of amides is 1. The van der Waals surface area contributed by atoms with Crippen molar-refractivity contribution in [2.45, 2.75) is 25.9 Å². The van der Waals surface area contributed by atoms with E-state index in [1.165, 1.54) is 11.1 Å². The number of hydrogen-bond donors (Lipinski definition) is 1. The summed E-state index contributed by atoms with van der Waals surface area (Å²) in [4.78, 5) is 12.6. The summed E-state index contributed by atoms with van der Waals surface area (Å²) < 4.78 is 17.1. The maximum Gasteiger partial charge on any atom is 0.251 e. The average molecular weight is 367 g/mol. The Balaban J connectivity index is 1.41. The summed E-state index contributed by atoms with van der Waals surface area (Å²) in [6.45, 7) is 4.49. The van der Waals surface area contributed by atoms with Gasteiger partial charge in [-0.05, 0) is 43.5 Å². The standard InChI is InChI=1S/C22H25NO4/c1-15-4-6-16(7-5-15)21-18(3-2-10-27-21)14-23-22(24)17-8-9-19-20(13-17)26-12-11-25-19/h4-9,13,18,21H,2-3,10-12,14H2,1H3,(H,23,24). The quantitative estimate of drug-likeness (QED) is 0.896. The molecule has 1 amide bonds. The molecule has 0 radical (unpaired) electrons. The number of fused-ring (bicyclic) bond motifs is 1. The zero-order chi connectivity index (χ0) is 18.6. The fourth-order valence-electron chi connectivity index (χ4n) is 3.69. The third-order valence-electron chi connectivity index (χ3n) is 5.18. The first-order chi connectivity index (χ1) is 13.2. The SMILES string of the molecule is Cc1ccc(C2OCCCC2CNC(=O)c2ccc3c(c2)OCCO3)cc1. The van der Waals surface area contributed by atoms with Crippen molar-refractivity contribution < 1.29 is 19.0 Å². The number of hydrogen-bond acceptors (Lipinski definition) is 4. The zero-order valence-electron chi connectivity index (χ0n) is 15.6. The Morgan fingerprint density at radius 1 is 1.04 bits per heavy atom. The molecule has 5 nitrogen and oxygen atoms in total. The van der Waals surface area contributed by atoms with Gasteiger partial charge >= 0.3 is 0 Å². The predicted octanol–water partition coefficient (Wildman–Crippen LogP) is 3.66. The molecule has 0 aliphatic carbocycles. The van der Waals surface area contributed by atoms with Crippen molar-refractivity contribution in [3.05, 3.63) is 59.2 Å². The fraction of sp³-hybridized carbons (Fsp3) is 0.409. The van der Waals surface area contributed by atoms with Gasteiger partial charge in [-0.1, -0.05) is 29.8 Å². The van der Waals surface area contributed by atoms with Crippen LogP contribution in [0.4, 0.5) is 0 Å². The lowest BCUT2D eigenvalue weighted by molar-refractivity contribution is -0.0272. The highest BCUT2D eigenvalue weighted by molar-refractivity contribution is 5.94. The Kier molecular flexibility index (Phi) is 5.30. The van der Waals surface area contributed by atoms with Gasteiger partial charge in [-0.3, -0.25) is 4.79 Å². The number of benzene rings is 2. The van der Waals surface area contributed by atoms with E-state index in [0.717, 1.165) is 19.4 Å². The topological polar surface area (TPSA) is 56.8 Å². The Morgan fingerprint density at radius 2 is 1.81 bits per heavy atom. The lowest BCUT2D eigenvalue weighted by Crippen LogP contribution is -2.35. The molecular weight excluding hydrogens is 342 g/mol. The molecule has 5 heteroatoms. The summed E-state index contributed by atoms with van der Waals surface area (Å²) >= 11 is 0. The van der Waals surface area contributed by atoms with Gasteiger partial charge in [-0.2, -0.15) is 0 Å². The van der Waals surface area contributed by atoms with Crippen LogP contribution in [0.2, 0.25) is 0 Å². The molecule has 2 unspecified atom stereocenters. The highest BCUT2D eigenvalue weighted by atomic mass is 16.6. The molecule has 1 fully saturated rings. The summed E-state index contributed by atoms with van der Waals surface area (Å²) in [7, 11) is 0. The Hall–Kier alpha value is -2.53. The minimum atomic E-state index is -0.0970. The van der Waals surface area contributed by atoms with Gasteiger partial charge < -0.3 is 19.5 Å². The first-order valence-corrected chi connectivity index (χ1v) is 9.57. The van der Waals surface area contributed by atoms with Gasteiger partial charge in [0, 0.05) is 24.6 Å². The number of carbonyl (C=O) groups is 1. The third-order valence-corrected chi connectivity index (χ3v) is 5.18. The first kappa shape index (κ1) is 17.9. The van der Waals surface area contributed by atoms with Crippen molar-refractivity contribution in [1.29, 1.82) is 0 Å². The van der Waals surface area contributed by atoms with Crippen LogP contribution in [-0.2, 0) is 4.74 Å². The van der Waals surface area contributed by atoms with Crippen molar-refractivity contribution >= 4 is 5.91 Å². The molecule has 1 N–H and O–H groups in total. The van der Waals surface area contributed by atoms with Gasteiger partial charge in [0.05, 0.1) is 6.10 Å². The van der Waals surface area contributed by atoms with E-state index in [0.29, 0.717) is 36.8 Å². The maximum atomic E-state index is 12.6. The predicted molar refractivity (Wildman–Crippen MR) is 102 cm³/mol. The summed E-state index contributed by atoms with van der Waals surface area (Å²) in [6.07, 6.45) is 2.09. The maximum absolute atomic E-state index is 12.6. The number of ether oxygens (including phenoxy) is 3. The Morgan fingerprint density at radius 3 is 2.63 bits per heavy atom.